The molecule has 0 atom stereocenters. The highest BCUT2D eigenvalue weighted by Gasteiger charge is 2.09. The lowest BCUT2D eigenvalue weighted by atomic mass is 10.4. The summed E-state index contributed by atoms with van der Waals surface area (Å²) in [6.45, 7) is 0. The van der Waals surface area contributed by atoms with Gasteiger partial charge < -0.3 is 5.73 Å². The molecule has 0 aromatic heterocycles. The minimum absolute atomic E-state index is 0.225. The molecular formula is C7H8NO2S. The number of rotatable bonds is 2. The molecule has 0 aliphatic carbocycles. The van der Waals surface area contributed by atoms with E-state index >= 15 is 0 Å². The van der Waals surface area contributed by atoms with Crippen LogP contribution in [0.3, 0.4) is 0 Å². The molecular weight excluding hydrogens is 162 g/mol. The molecule has 59 valence electrons. The van der Waals surface area contributed by atoms with E-state index in [1.54, 1.807) is 18.2 Å². The summed E-state index contributed by atoms with van der Waals surface area (Å²) in [7, 11) is -3.35. The Hall–Kier alpha value is -0.870. The van der Waals surface area contributed by atoms with Crippen LogP contribution >= 0.6 is 0 Å². The highest BCUT2D eigenvalue weighted by molar-refractivity contribution is 7.93. The first-order valence-electron chi connectivity index (χ1n) is 3.02. The molecule has 0 aliphatic rings. The van der Waals surface area contributed by atoms with Crippen LogP contribution in [0, 0.1) is 5.88 Å². The zero-order valence-electron chi connectivity index (χ0n) is 5.77. The van der Waals surface area contributed by atoms with Gasteiger partial charge in [0.15, 0.2) is 9.84 Å². The van der Waals surface area contributed by atoms with E-state index in [1.165, 1.54) is 12.1 Å². The van der Waals surface area contributed by atoms with Crippen molar-refractivity contribution in [2.24, 2.45) is 5.73 Å². The van der Waals surface area contributed by atoms with Crippen molar-refractivity contribution in [3.8, 4) is 0 Å². The van der Waals surface area contributed by atoms with Crippen molar-refractivity contribution in [3.05, 3.63) is 36.2 Å². The molecule has 0 fully saturated rings. The second-order valence-corrected chi connectivity index (χ2v) is 3.83. The van der Waals surface area contributed by atoms with Crippen LogP contribution in [0.25, 0.3) is 0 Å². The fraction of sp³-hybridized carbons (Fsp3) is 0. The lowest BCUT2D eigenvalue weighted by Crippen LogP contribution is -2.07. The number of hydrogen-bond donors (Lipinski definition) is 1. The molecule has 11 heavy (non-hydrogen) atoms. The predicted molar refractivity (Wildman–Crippen MR) is 42.1 cm³/mol. The van der Waals surface area contributed by atoms with Gasteiger partial charge in [-0.2, -0.15) is 0 Å². The van der Waals surface area contributed by atoms with E-state index in [0.29, 0.717) is 5.88 Å². The standard InChI is InChI=1S/C7H8NO2S/c8-6-11(9,10)7-4-2-1-3-5-7/h1-6H,8H2. The quantitative estimate of drug-likeness (QED) is 0.704. The Bertz CT molecular complexity index is 318. The molecule has 1 radical (unpaired) electrons. The minimum atomic E-state index is -3.35. The summed E-state index contributed by atoms with van der Waals surface area (Å²) in [6, 6.07) is 8.04. The fourth-order valence-corrected chi connectivity index (χ4v) is 1.38. The fourth-order valence-electron chi connectivity index (χ4n) is 0.689. The van der Waals surface area contributed by atoms with Gasteiger partial charge in [0.1, 0.15) is 5.88 Å². The number of hydrogen-bond acceptors (Lipinski definition) is 3. The van der Waals surface area contributed by atoms with Gasteiger partial charge in [0, 0.05) is 0 Å². The summed E-state index contributed by atoms with van der Waals surface area (Å²) in [5, 5.41) is 0. The van der Waals surface area contributed by atoms with E-state index in [4.69, 9.17) is 5.73 Å². The van der Waals surface area contributed by atoms with E-state index < -0.39 is 9.84 Å². The molecule has 2 N–H and O–H groups in total. The van der Waals surface area contributed by atoms with Crippen molar-refractivity contribution < 1.29 is 8.42 Å². The predicted octanol–water partition coefficient (Wildman–Crippen LogP) is 0.538. The Morgan fingerprint density at radius 1 is 1.18 bits per heavy atom. The highest BCUT2D eigenvalue weighted by Crippen LogP contribution is 2.09. The van der Waals surface area contributed by atoms with Crippen LogP contribution in [0.5, 0.6) is 0 Å². The molecule has 0 spiro atoms. The Morgan fingerprint density at radius 3 is 2.18 bits per heavy atom. The van der Waals surface area contributed by atoms with Gasteiger partial charge in [-0.25, -0.2) is 8.42 Å². The largest absolute Gasteiger partial charge is 0.313 e. The SMILES string of the molecule is N[CH]S(=O)(=O)c1ccccc1. The molecule has 0 unspecified atom stereocenters. The number of sulfone groups is 1. The van der Waals surface area contributed by atoms with Crippen molar-refractivity contribution in [1.82, 2.24) is 0 Å². The van der Waals surface area contributed by atoms with Crippen molar-refractivity contribution in [2.75, 3.05) is 0 Å². The van der Waals surface area contributed by atoms with E-state index in [0.717, 1.165) is 0 Å². The van der Waals surface area contributed by atoms with Crippen LogP contribution < -0.4 is 5.73 Å². The monoisotopic (exact) mass is 170 g/mol. The molecule has 1 aromatic rings. The second kappa shape index (κ2) is 3.02. The third kappa shape index (κ3) is 1.78. The lowest BCUT2D eigenvalue weighted by molar-refractivity contribution is 0.601. The summed E-state index contributed by atoms with van der Waals surface area (Å²) in [5.74, 6) is 0.697. The van der Waals surface area contributed by atoms with Gasteiger partial charge in [0.2, 0.25) is 0 Å². The van der Waals surface area contributed by atoms with Gasteiger partial charge in [0.25, 0.3) is 0 Å². The summed E-state index contributed by atoms with van der Waals surface area (Å²) >= 11 is 0. The summed E-state index contributed by atoms with van der Waals surface area (Å²) in [6.07, 6.45) is 0. The summed E-state index contributed by atoms with van der Waals surface area (Å²) in [4.78, 5) is 0.225. The molecule has 4 heteroatoms. The molecule has 0 saturated heterocycles. The molecule has 1 aromatic carbocycles. The third-order valence-electron chi connectivity index (χ3n) is 1.25. The van der Waals surface area contributed by atoms with Gasteiger partial charge in [-0.05, 0) is 12.1 Å². The van der Waals surface area contributed by atoms with E-state index in [2.05, 4.69) is 0 Å². The smallest absolute Gasteiger partial charge is 0.196 e. The number of benzene rings is 1. The van der Waals surface area contributed by atoms with Crippen LogP contribution in [-0.4, -0.2) is 8.42 Å². The third-order valence-corrected chi connectivity index (χ3v) is 2.54. The maximum absolute atomic E-state index is 11.0. The Labute approximate surface area is 65.8 Å². The second-order valence-electron chi connectivity index (χ2n) is 1.99. The molecule has 3 nitrogen and oxygen atoms in total. The maximum Gasteiger partial charge on any atom is 0.196 e. The molecule has 0 heterocycles. The minimum Gasteiger partial charge on any atom is -0.313 e. The zero-order chi connectivity index (χ0) is 8.32. The van der Waals surface area contributed by atoms with E-state index in [9.17, 15) is 8.42 Å². The van der Waals surface area contributed by atoms with Gasteiger partial charge in [0.05, 0.1) is 4.90 Å². The van der Waals surface area contributed by atoms with Crippen molar-refractivity contribution in [3.63, 3.8) is 0 Å². The molecule has 0 aliphatic heterocycles. The topological polar surface area (TPSA) is 60.2 Å². The molecule has 0 amide bonds. The van der Waals surface area contributed by atoms with Crippen LogP contribution in [0.2, 0.25) is 0 Å². The zero-order valence-corrected chi connectivity index (χ0v) is 6.58. The highest BCUT2D eigenvalue weighted by atomic mass is 32.2. The molecule has 0 saturated carbocycles. The summed E-state index contributed by atoms with van der Waals surface area (Å²) in [5.41, 5.74) is 4.93. The van der Waals surface area contributed by atoms with E-state index in [-0.39, 0.29) is 4.90 Å². The van der Waals surface area contributed by atoms with Gasteiger partial charge in [-0.1, -0.05) is 18.2 Å². The summed E-state index contributed by atoms with van der Waals surface area (Å²) < 4.78 is 22.0. The van der Waals surface area contributed by atoms with Crippen molar-refractivity contribution in [2.45, 2.75) is 4.90 Å². The Morgan fingerprint density at radius 2 is 1.73 bits per heavy atom. The van der Waals surface area contributed by atoms with Crippen molar-refractivity contribution >= 4 is 9.84 Å². The van der Waals surface area contributed by atoms with Crippen molar-refractivity contribution in [1.29, 1.82) is 0 Å². The first kappa shape index (κ1) is 8.23. The average molecular weight is 170 g/mol. The first-order chi connectivity index (χ1) is 5.17. The van der Waals surface area contributed by atoms with Crippen LogP contribution in [0.1, 0.15) is 0 Å². The molecule has 1 rings (SSSR count). The van der Waals surface area contributed by atoms with Gasteiger partial charge >= 0.3 is 0 Å². The normalized spacial score (nSPS) is 11.4. The number of nitrogens with two attached hydrogens (primary N) is 1. The average Bonchev–Trinajstić information content (AvgIpc) is 2.06. The molecule has 0 bridgehead atoms. The maximum atomic E-state index is 11.0. The van der Waals surface area contributed by atoms with Gasteiger partial charge in [-0.3, -0.25) is 0 Å². The van der Waals surface area contributed by atoms with Gasteiger partial charge in [-0.15, -0.1) is 0 Å². The first-order valence-corrected chi connectivity index (χ1v) is 4.56. The van der Waals surface area contributed by atoms with Crippen LogP contribution in [0.15, 0.2) is 35.2 Å². The Kier molecular flexibility index (Phi) is 2.26. The lowest BCUT2D eigenvalue weighted by Gasteiger charge is -1.97. The van der Waals surface area contributed by atoms with Crippen LogP contribution in [0.4, 0.5) is 0 Å². The van der Waals surface area contributed by atoms with E-state index in [1.807, 2.05) is 0 Å². The van der Waals surface area contributed by atoms with Crippen LogP contribution in [-0.2, 0) is 9.84 Å². The Balaban J connectivity index is 3.14.